The van der Waals surface area contributed by atoms with E-state index in [4.69, 9.17) is 0 Å². The van der Waals surface area contributed by atoms with Gasteiger partial charge in [0.1, 0.15) is 5.75 Å². The lowest BCUT2D eigenvalue weighted by Gasteiger charge is -2.38. The molecular formula is C19H22N2O. The van der Waals surface area contributed by atoms with Gasteiger partial charge < -0.3 is 10.4 Å². The van der Waals surface area contributed by atoms with Gasteiger partial charge >= 0.3 is 0 Å². The van der Waals surface area contributed by atoms with Crippen molar-refractivity contribution in [1.29, 1.82) is 0 Å². The molecule has 1 aliphatic heterocycles. The van der Waals surface area contributed by atoms with Crippen molar-refractivity contribution in [3.05, 3.63) is 71.3 Å². The maximum Gasteiger partial charge on any atom is 0.120 e. The van der Waals surface area contributed by atoms with Crippen LogP contribution in [0, 0.1) is 6.92 Å². The molecule has 1 unspecified atom stereocenters. The Morgan fingerprint density at radius 1 is 1.00 bits per heavy atom. The van der Waals surface area contributed by atoms with Crippen molar-refractivity contribution in [1.82, 2.24) is 10.6 Å². The van der Waals surface area contributed by atoms with E-state index in [9.17, 15) is 5.11 Å². The van der Waals surface area contributed by atoms with E-state index in [1.54, 1.807) is 6.07 Å². The van der Waals surface area contributed by atoms with Crippen LogP contribution < -0.4 is 10.6 Å². The quantitative estimate of drug-likeness (QED) is 0.791. The average molecular weight is 294 g/mol. The summed E-state index contributed by atoms with van der Waals surface area (Å²) in [6.07, 6.45) is 2.13. The van der Waals surface area contributed by atoms with E-state index < -0.39 is 0 Å². The third-order valence-electron chi connectivity index (χ3n) is 3.93. The van der Waals surface area contributed by atoms with Crippen molar-refractivity contribution in [2.45, 2.75) is 32.5 Å². The van der Waals surface area contributed by atoms with E-state index >= 15 is 0 Å². The largest absolute Gasteiger partial charge is 0.508 e. The number of para-hydroxylation sites is 1. The molecule has 0 bridgehead atoms. The first-order valence-corrected chi connectivity index (χ1v) is 7.57. The number of hydrogen-bond acceptors (Lipinski definition) is 3. The lowest BCUT2D eigenvalue weighted by atomic mass is 9.96. The van der Waals surface area contributed by atoms with Gasteiger partial charge in [-0.25, -0.2) is 0 Å². The number of phenols is 1. The van der Waals surface area contributed by atoms with Gasteiger partial charge in [0.05, 0.1) is 11.7 Å². The molecule has 3 rings (SSSR count). The molecule has 0 aliphatic carbocycles. The first-order valence-electron chi connectivity index (χ1n) is 7.57. The van der Waals surface area contributed by atoms with Crippen LogP contribution in [0.2, 0.25) is 0 Å². The summed E-state index contributed by atoms with van der Waals surface area (Å²) in [6, 6.07) is 15.9. The molecule has 2 aromatic rings. The Morgan fingerprint density at radius 3 is 2.36 bits per heavy atom. The zero-order chi connectivity index (χ0) is 15.7. The second kappa shape index (κ2) is 5.50. The van der Waals surface area contributed by atoms with Crippen molar-refractivity contribution in [2.75, 3.05) is 0 Å². The Bertz CT molecular complexity index is 702. The van der Waals surface area contributed by atoms with Gasteiger partial charge in [0, 0.05) is 11.3 Å². The molecule has 3 N–H and O–H groups in total. The molecule has 22 heavy (non-hydrogen) atoms. The molecule has 0 spiro atoms. The summed E-state index contributed by atoms with van der Waals surface area (Å²) in [4.78, 5) is 0. The molecule has 2 aromatic carbocycles. The predicted molar refractivity (Wildman–Crippen MR) is 90.4 cm³/mol. The Labute approximate surface area is 131 Å². The van der Waals surface area contributed by atoms with Crippen molar-refractivity contribution >= 4 is 5.70 Å². The minimum absolute atomic E-state index is 0.0336. The van der Waals surface area contributed by atoms with Crippen LogP contribution in [0.1, 0.15) is 36.6 Å². The van der Waals surface area contributed by atoms with E-state index in [0.717, 1.165) is 16.8 Å². The highest BCUT2D eigenvalue weighted by Gasteiger charge is 2.29. The molecule has 0 radical (unpaired) electrons. The van der Waals surface area contributed by atoms with Gasteiger partial charge in [-0.15, -0.1) is 0 Å². The maximum atomic E-state index is 10.1. The van der Waals surface area contributed by atoms with Crippen LogP contribution in [0.25, 0.3) is 5.70 Å². The third-order valence-corrected chi connectivity index (χ3v) is 3.93. The average Bonchev–Trinajstić information content (AvgIpc) is 2.46. The molecule has 3 heteroatoms. The third kappa shape index (κ3) is 3.00. The summed E-state index contributed by atoms with van der Waals surface area (Å²) < 4.78 is 0. The van der Waals surface area contributed by atoms with Crippen molar-refractivity contribution in [3.63, 3.8) is 0 Å². The van der Waals surface area contributed by atoms with Crippen molar-refractivity contribution in [3.8, 4) is 5.75 Å². The van der Waals surface area contributed by atoms with E-state index in [0.29, 0.717) is 5.75 Å². The Hall–Kier alpha value is -2.26. The van der Waals surface area contributed by atoms with Crippen LogP contribution in [-0.2, 0) is 0 Å². The second-order valence-electron chi connectivity index (χ2n) is 6.38. The summed E-state index contributed by atoms with van der Waals surface area (Å²) in [5.41, 5.74) is 4.11. The predicted octanol–water partition coefficient (Wildman–Crippen LogP) is 3.71. The van der Waals surface area contributed by atoms with E-state index in [2.05, 4.69) is 61.7 Å². The van der Waals surface area contributed by atoms with Gasteiger partial charge in [-0.3, -0.25) is 5.32 Å². The normalized spacial score (nSPS) is 20.1. The van der Waals surface area contributed by atoms with E-state index in [-0.39, 0.29) is 11.7 Å². The molecule has 114 valence electrons. The molecule has 0 aromatic heterocycles. The zero-order valence-corrected chi connectivity index (χ0v) is 13.2. The molecule has 1 heterocycles. The monoisotopic (exact) mass is 294 g/mol. The molecule has 0 saturated heterocycles. The van der Waals surface area contributed by atoms with Gasteiger partial charge in [0.15, 0.2) is 0 Å². The second-order valence-corrected chi connectivity index (χ2v) is 6.38. The summed E-state index contributed by atoms with van der Waals surface area (Å²) in [5.74, 6) is 0.317. The fourth-order valence-corrected chi connectivity index (χ4v) is 2.83. The number of hydrogen-bond donors (Lipinski definition) is 3. The molecule has 3 nitrogen and oxygen atoms in total. The Kier molecular flexibility index (Phi) is 3.67. The molecule has 0 amide bonds. The van der Waals surface area contributed by atoms with Crippen LogP contribution in [0.15, 0.2) is 54.6 Å². The van der Waals surface area contributed by atoms with E-state index in [1.165, 1.54) is 5.56 Å². The highest BCUT2D eigenvalue weighted by Crippen LogP contribution is 2.31. The van der Waals surface area contributed by atoms with Crippen LogP contribution in [0.5, 0.6) is 5.75 Å². The first kappa shape index (κ1) is 14.7. The maximum absolute atomic E-state index is 10.1. The van der Waals surface area contributed by atoms with Gasteiger partial charge in [-0.1, -0.05) is 48.0 Å². The van der Waals surface area contributed by atoms with Gasteiger partial charge in [0.2, 0.25) is 0 Å². The number of phenolic OH excluding ortho intramolecular Hbond substituents is 1. The van der Waals surface area contributed by atoms with Crippen LogP contribution in [-0.4, -0.2) is 10.8 Å². The summed E-state index contributed by atoms with van der Waals surface area (Å²) in [5, 5.41) is 17.2. The van der Waals surface area contributed by atoms with Crippen molar-refractivity contribution < 1.29 is 5.11 Å². The topological polar surface area (TPSA) is 44.3 Å². The van der Waals surface area contributed by atoms with Crippen molar-refractivity contribution in [2.24, 2.45) is 0 Å². The number of nitrogens with one attached hydrogen (secondary N) is 2. The van der Waals surface area contributed by atoms with Crippen LogP contribution in [0.4, 0.5) is 0 Å². The first-order chi connectivity index (χ1) is 10.4. The number of aromatic hydroxyl groups is 1. The smallest absolute Gasteiger partial charge is 0.120 e. The molecule has 1 atom stereocenters. The van der Waals surface area contributed by atoms with Gasteiger partial charge in [-0.05, 0) is 38.5 Å². The zero-order valence-electron chi connectivity index (χ0n) is 13.2. The minimum atomic E-state index is -0.262. The van der Waals surface area contributed by atoms with Gasteiger partial charge in [0.25, 0.3) is 0 Å². The Morgan fingerprint density at radius 2 is 1.68 bits per heavy atom. The highest BCUT2D eigenvalue weighted by molar-refractivity contribution is 5.67. The fourth-order valence-electron chi connectivity index (χ4n) is 2.83. The van der Waals surface area contributed by atoms with E-state index in [1.807, 2.05) is 18.2 Å². The van der Waals surface area contributed by atoms with Crippen LogP contribution >= 0.6 is 0 Å². The summed E-state index contributed by atoms with van der Waals surface area (Å²) in [6.45, 7) is 6.28. The molecule has 0 fully saturated rings. The number of benzene rings is 2. The van der Waals surface area contributed by atoms with Crippen LogP contribution in [0.3, 0.4) is 0 Å². The molecule has 1 aliphatic rings. The number of aryl methyl sites for hydroxylation is 1. The Balaban J connectivity index is 2.02. The minimum Gasteiger partial charge on any atom is -0.508 e. The highest BCUT2D eigenvalue weighted by atomic mass is 16.3. The fraction of sp³-hybridized carbons (Fsp3) is 0.263. The lowest BCUT2D eigenvalue weighted by molar-refractivity contribution is 0.313. The molecular weight excluding hydrogens is 272 g/mol. The van der Waals surface area contributed by atoms with Gasteiger partial charge in [-0.2, -0.15) is 0 Å². The summed E-state index contributed by atoms with van der Waals surface area (Å²) in [7, 11) is 0. The lowest BCUT2D eigenvalue weighted by Crippen LogP contribution is -2.54. The number of rotatable bonds is 2. The summed E-state index contributed by atoms with van der Waals surface area (Å²) >= 11 is 0. The molecule has 0 saturated carbocycles. The SMILES string of the molecule is Cc1ccc(C2=CC(c3ccccc3O)NC(C)(C)N2)cc1. The standard InChI is InChI=1S/C19H22N2O/c1-13-8-10-14(11-9-13)16-12-17(21-19(2,3)20-16)15-6-4-5-7-18(15)22/h4-12,17,20-22H,1-3H3.